The lowest BCUT2D eigenvalue weighted by molar-refractivity contribution is -0.384. The topological polar surface area (TPSA) is 113 Å². The van der Waals surface area contributed by atoms with Crippen LogP contribution in [0.3, 0.4) is 0 Å². The molecule has 202 valence electrons. The second kappa shape index (κ2) is 12.5. The number of esters is 1. The van der Waals surface area contributed by atoms with E-state index < -0.39 is 16.9 Å². The van der Waals surface area contributed by atoms with Crippen LogP contribution in [0.4, 0.5) is 5.69 Å². The number of nitro benzene ring substituents is 1. The van der Waals surface area contributed by atoms with Crippen LogP contribution in [0.2, 0.25) is 0 Å². The quantitative estimate of drug-likeness (QED) is 0.115. The van der Waals surface area contributed by atoms with Crippen molar-refractivity contribution < 1.29 is 19.2 Å². The highest BCUT2D eigenvalue weighted by atomic mass is 32.1. The summed E-state index contributed by atoms with van der Waals surface area (Å²) in [6.45, 7) is 8.07. The molecule has 1 atom stereocenters. The van der Waals surface area contributed by atoms with Gasteiger partial charge in [0.25, 0.3) is 11.2 Å². The Morgan fingerprint density at radius 1 is 1.23 bits per heavy atom. The molecule has 2 aromatic carbocycles. The molecule has 1 aliphatic heterocycles. The fourth-order valence-corrected chi connectivity index (χ4v) is 5.32. The van der Waals surface area contributed by atoms with Gasteiger partial charge in [-0.15, -0.1) is 0 Å². The molecule has 39 heavy (non-hydrogen) atoms. The van der Waals surface area contributed by atoms with Crippen molar-refractivity contribution >= 4 is 29.1 Å². The number of hydrogen-bond donors (Lipinski definition) is 0. The molecule has 0 aliphatic carbocycles. The summed E-state index contributed by atoms with van der Waals surface area (Å²) in [6.07, 6.45) is 6.21. The first-order chi connectivity index (χ1) is 18.8. The van der Waals surface area contributed by atoms with E-state index in [1.54, 1.807) is 25.1 Å². The number of nitro groups is 1. The van der Waals surface area contributed by atoms with Crippen LogP contribution < -0.4 is 19.6 Å². The van der Waals surface area contributed by atoms with E-state index >= 15 is 0 Å². The molecule has 4 rings (SSSR count). The molecule has 0 saturated heterocycles. The van der Waals surface area contributed by atoms with Crippen molar-refractivity contribution in [2.45, 2.75) is 39.2 Å². The van der Waals surface area contributed by atoms with Crippen LogP contribution in [0.1, 0.15) is 50.3 Å². The number of non-ortho nitro benzene ring substituents is 1. The van der Waals surface area contributed by atoms with Crippen LogP contribution >= 0.6 is 11.3 Å². The van der Waals surface area contributed by atoms with Crippen LogP contribution in [0.15, 0.2) is 82.2 Å². The molecular formula is C29H29N3O6S. The summed E-state index contributed by atoms with van der Waals surface area (Å²) in [5.41, 5.74) is 1.46. The Morgan fingerprint density at radius 3 is 2.69 bits per heavy atom. The third kappa shape index (κ3) is 6.23. The van der Waals surface area contributed by atoms with E-state index in [1.165, 1.54) is 22.8 Å². The fourth-order valence-electron chi connectivity index (χ4n) is 4.28. The highest BCUT2D eigenvalue weighted by molar-refractivity contribution is 7.07. The zero-order valence-corrected chi connectivity index (χ0v) is 22.6. The van der Waals surface area contributed by atoms with E-state index in [9.17, 15) is 19.7 Å². The maximum Gasteiger partial charge on any atom is 0.338 e. The zero-order chi connectivity index (χ0) is 27.9. The molecule has 9 nitrogen and oxygen atoms in total. The van der Waals surface area contributed by atoms with Crippen molar-refractivity contribution in [3.8, 4) is 5.75 Å². The van der Waals surface area contributed by atoms with Gasteiger partial charge in [-0.25, -0.2) is 9.79 Å². The molecule has 1 aromatic heterocycles. The maximum atomic E-state index is 13.7. The lowest BCUT2D eigenvalue weighted by atomic mass is 9.96. The van der Waals surface area contributed by atoms with Gasteiger partial charge in [0.2, 0.25) is 0 Å². The molecule has 3 aromatic rings. The standard InChI is InChI=1S/C29H29N3O6S/c1-4-6-7-16-37-23-13-11-21(12-14-23)26-25(28(34)38-15-5-2)19(3)30-29-31(26)27(33)24(39-29)18-20-9-8-10-22(17-20)32(35)36/h5,8-14,17-18,26H,2,4,6-7,15-16H2,1,3H3. The lowest BCUT2D eigenvalue weighted by Crippen LogP contribution is -2.39. The van der Waals surface area contributed by atoms with Gasteiger partial charge in [-0.1, -0.05) is 68.0 Å². The summed E-state index contributed by atoms with van der Waals surface area (Å²) in [4.78, 5) is 42.5. The monoisotopic (exact) mass is 547 g/mol. The first-order valence-electron chi connectivity index (χ1n) is 12.6. The van der Waals surface area contributed by atoms with E-state index in [2.05, 4.69) is 18.5 Å². The van der Waals surface area contributed by atoms with Crippen molar-refractivity contribution in [1.29, 1.82) is 0 Å². The van der Waals surface area contributed by atoms with Crippen LogP contribution in [0.25, 0.3) is 6.08 Å². The van der Waals surface area contributed by atoms with Gasteiger partial charge in [-0.3, -0.25) is 19.5 Å². The number of carbonyl (C=O) groups is 1. The first kappa shape index (κ1) is 27.7. The van der Waals surface area contributed by atoms with E-state index in [1.807, 2.05) is 24.3 Å². The van der Waals surface area contributed by atoms with Crippen molar-refractivity contribution in [3.05, 3.63) is 113 Å². The Bertz CT molecular complexity index is 1600. The zero-order valence-electron chi connectivity index (χ0n) is 21.8. The van der Waals surface area contributed by atoms with Gasteiger partial charge in [0.15, 0.2) is 4.80 Å². The van der Waals surface area contributed by atoms with E-state index in [0.29, 0.717) is 38.5 Å². The molecule has 1 unspecified atom stereocenters. The summed E-state index contributed by atoms with van der Waals surface area (Å²) in [7, 11) is 0. The highest BCUT2D eigenvalue weighted by Gasteiger charge is 2.33. The minimum Gasteiger partial charge on any atom is -0.494 e. The van der Waals surface area contributed by atoms with E-state index in [-0.39, 0.29) is 23.4 Å². The Hall–Kier alpha value is -4.31. The van der Waals surface area contributed by atoms with Gasteiger partial charge in [-0.2, -0.15) is 0 Å². The largest absolute Gasteiger partial charge is 0.494 e. The van der Waals surface area contributed by atoms with Crippen LogP contribution in [-0.2, 0) is 9.53 Å². The number of thiazole rings is 1. The molecule has 0 bridgehead atoms. The van der Waals surface area contributed by atoms with Gasteiger partial charge in [0.1, 0.15) is 12.4 Å². The molecule has 2 heterocycles. The number of allylic oxidation sites excluding steroid dienone is 1. The molecule has 0 amide bonds. The van der Waals surface area contributed by atoms with Gasteiger partial charge < -0.3 is 9.47 Å². The second-order valence-corrected chi connectivity index (χ2v) is 9.95. The second-order valence-electron chi connectivity index (χ2n) is 8.95. The predicted octanol–water partition coefficient (Wildman–Crippen LogP) is 4.44. The average molecular weight is 548 g/mol. The Labute approximate surface area is 229 Å². The van der Waals surface area contributed by atoms with Crippen molar-refractivity contribution in [1.82, 2.24) is 4.57 Å². The maximum absolute atomic E-state index is 13.7. The highest BCUT2D eigenvalue weighted by Crippen LogP contribution is 2.31. The Morgan fingerprint density at radius 2 is 2.00 bits per heavy atom. The number of aromatic nitrogens is 1. The van der Waals surface area contributed by atoms with Gasteiger partial charge in [0, 0.05) is 12.1 Å². The molecule has 0 N–H and O–H groups in total. The number of benzene rings is 2. The van der Waals surface area contributed by atoms with Gasteiger partial charge in [0.05, 0.1) is 33.4 Å². The Balaban J connectivity index is 1.80. The third-order valence-corrected chi connectivity index (χ3v) is 7.15. The Kier molecular flexibility index (Phi) is 8.88. The van der Waals surface area contributed by atoms with Crippen molar-refractivity contribution in [2.24, 2.45) is 4.99 Å². The number of ether oxygens (including phenoxy) is 2. The minimum absolute atomic E-state index is 0.0179. The number of unbranched alkanes of at least 4 members (excludes halogenated alkanes) is 2. The molecule has 0 radical (unpaired) electrons. The van der Waals surface area contributed by atoms with Crippen molar-refractivity contribution in [2.75, 3.05) is 13.2 Å². The van der Waals surface area contributed by atoms with E-state index in [0.717, 1.165) is 30.6 Å². The average Bonchev–Trinajstić information content (AvgIpc) is 3.23. The lowest BCUT2D eigenvalue weighted by Gasteiger charge is -2.24. The number of fused-ring (bicyclic) bond motifs is 1. The number of hydrogen-bond acceptors (Lipinski definition) is 8. The first-order valence-corrected chi connectivity index (χ1v) is 13.4. The summed E-state index contributed by atoms with van der Waals surface area (Å²) in [5.74, 6) is 0.110. The third-order valence-electron chi connectivity index (χ3n) is 6.17. The van der Waals surface area contributed by atoms with Crippen LogP contribution in [0.5, 0.6) is 5.75 Å². The summed E-state index contributed by atoms with van der Waals surface area (Å²) in [5, 5.41) is 11.2. The van der Waals surface area contributed by atoms with E-state index in [4.69, 9.17) is 9.47 Å². The van der Waals surface area contributed by atoms with Gasteiger partial charge >= 0.3 is 5.97 Å². The van der Waals surface area contributed by atoms with Crippen molar-refractivity contribution in [3.63, 3.8) is 0 Å². The summed E-state index contributed by atoms with van der Waals surface area (Å²) < 4.78 is 13.0. The van der Waals surface area contributed by atoms with Gasteiger partial charge in [-0.05, 0) is 42.7 Å². The predicted molar refractivity (Wildman–Crippen MR) is 149 cm³/mol. The number of carbonyl (C=O) groups excluding carboxylic acids is 1. The minimum atomic E-state index is -0.778. The fraction of sp³-hybridized carbons (Fsp3) is 0.276. The number of nitrogens with zero attached hydrogens (tertiary/aromatic N) is 3. The molecular weight excluding hydrogens is 518 g/mol. The van der Waals surface area contributed by atoms with Crippen LogP contribution in [-0.4, -0.2) is 28.7 Å². The summed E-state index contributed by atoms with van der Waals surface area (Å²) in [6, 6.07) is 12.6. The SMILES string of the molecule is C=CCOC(=O)C1=C(C)N=c2sc(=Cc3cccc([N+](=O)[O-])c3)c(=O)n2C1c1ccc(OCCCCC)cc1. The molecule has 0 fully saturated rings. The number of rotatable bonds is 11. The van der Waals surface area contributed by atoms with Crippen LogP contribution in [0, 0.1) is 10.1 Å². The molecule has 0 spiro atoms. The summed E-state index contributed by atoms with van der Waals surface area (Å²) >= 11 is 1.15. The smallest absolute Gasteiger partial charge is 0.338 e. The molecule has 1 aliphatic rings. The molecule has 0 saturated carbocycles. The normalized spacial score (nSPS) is 14.9. The molecule has 10 heteroatoms.